The predicted octanol–water partition coefficient (Wildman–Crippen LogP) is 1.90. The van der Waals surface area contributed by atoms with Crippen molar-refractivity contribution in [3.05, 3.63) is 29.8 Å². The van der Waals surface area contributed by atoms with Gasteiger partial charge < -0.3 is 10.6 Å². The molecule has 0 aromatic heterocycles. The molecule has 0 aliphatic heterocycles. The minimum Gasteiger partial charge on any atom is -0.341 e. The number of carbonyl (C=O) groups excluding carboxylic acids is 1. The zero-order valence-electron chi connectivity index (χ0n) is 14.3. The van der Waals surface area contributed by atoms with Crippen LogP contribution in [0.3, 0.4) is 0 Å². The maximum absolute atomic E-state index is 12.5. The molecular weight excluding hydrogens is 314 g/mol. The first-order valence-electron chi connectivity index (χ1n) is 7.66. The van der Waals surface area contributed by atoms with Crippen molar-refractivity contribution in [2.45, 2.75) is 27.2 Å². The Hall–Kier alpha value is -1.60. The van der Waals surface area contributed by atoms with E-state index in [4.69, 9.17) is 5.73 Å². The lowest BCUT2D eigenvalue weighted by molar-refractivity contribution is 0.0740. The second-order valence-corrected chi connectivity index (χ2v) is 8.37. The largest absolute Gasteiger partial charge is 0.341 e. The summed E-state index contributed by atoms with van der Waals surface area (Å²) in [6, 6.07) is 6.53. The van der Waals surface area contributed by atoms with Crippen LogP contribution in [0.4, 0.5) is 5.69 Å². The molecular formula is C16H27N3O3S. The number of nitrogens with zero attached hydrogens (tertiary/aromatic N) is 1. The van der Waals surface area contributed by atoms with Gasteiger partial charge in [0.2, 0.25) is 10.0 Å². The van der Waals surface area contributed by atoms with E-state index in [2.05, 4.69) is 4.72 Å². The number of anilines is 1. The Morgan fingerprint density at radius 2 is 2.00 bits per heavy atom. The van der Waals surface area contributed by atoms with Crippen LogP contribution in [0.1, 0.15) is 37.6 Å². The van der Waals surface area contributed by atoms with Crippen molar-refractivity contribution in [1.29, 1.82) is 0 Å². The SMILES string of the molecule is CCCS(=O)(=O)Nc1cccc(C(=O)N(C)CC(C)(C)CN)c1. The van der Waals surface area contributed by atoms with Crippen molar-refractivity contribution in [3.63, 3.8) is 0 Å². The van der Waals surface area contributed by atoms with Crippen LogP contribution in [-0.4, -0.2) is 45.1 Å². The normalized spacial score (nSPS) is 12.0. The molecule has 0 radical (unpaired) electrons. The summed E-state index contributed by atoms with van der Waals surface area (Å²) in [7, 11) is -1.66. The van der Waals surface area contributed by atoms with Gasteiger partial charge in [0.15, 0.2) is 0 Å². The lowest BCUT2D eigenvalue weighted by Gasteiger charge is -2.29. The van der Waals surface area contributed by atoms with E-state index in [1.807, 2.05) is 13.8 Å². The minimum atomic E-state index is -3.37. The highest BCUT2D eigenvalue weighted by molar-refractivity contribution is 7.92. The van der Waals surface area contributed by atoms with E-state index in [1.54, 1.807) is 43.1 Å². The molecule has 0 spiro atoms. The first kappa shape index (κ1) is 19.4. The third-order valence-electron chi connectivity index (χ3n) is 3.42. The van der Waals surface area contributed by atoms with E-state index in [-0.39, 0.29) is 17.1 Å². The molecule has 130 valence electrons. The van der Waals surface area contributed by atoms with Gasteiger partial charge in [0.25, 0.3) is 5.91 Å². The minimum absolute atomic E-state index is 0.0514. The molecule has 1 aromatic carbocycles. The lowest BCUT2D eigenvalue weighted by Crippen LogP contribution is -2.39. The van der Waals surface area contributed by atoms with Gasteiger partial charge in [0.05, 0.1) is 5.75 Å². The Bertz CT molecular complexity index is 642. The fourth-order valence-electron chi connectivity index (χ4n) is 2.21. The summed E-state index contributed by atoms with van der Waals surface area (Å²) in [5.41, 5.74) is 6.37. The summed E-state index contributed by atoms with van der Waals surface area (Å²) in [5, 5.41) is 0. The first-order chi connectivity index (χ1) is 10.6. The highest BCUT2D eigenvalue weighted by Crippen LogP contribution is 2.18. The van der Waals surface area contributed by atoms with Crippen LogP contribution in [0.15, 0.2) is 24.3 Å². The third kappa shape index (κ3) is 6.19. The van der Waals surface area contributed by atoms with E-state index < -0.39 is 10.0 Å². The Morgan fingerprint density at radius 3 is 2.57 bits per heavy atom. The Balaban J connectivity index is 2.89. The molecule has 3 N–H and O–H groups in total. The summed E-state index contributed by atoms with van der Waals surface area (Å²) in [6.07, 6.45) is 0.533. The van der Waals surface area contributed by atoms with Gasteiger partial charge in [-0.15, -0.1) is 0 Å². The average molecular weight is 341 g/mol. The molecule has 7 heteroatoms. The number of amides is 1. The van der Waals surface area contributed by atoms with Gasteiger partial charge in [-0.1, -0.05) is 26.8 Å². The fraction of sp³-hybridized carbons (Fsp3) is 0.562. The van der Waals surface area contributed by atoms with Crippen molar-refractivity contribution >= 4 is 21.6 Å². The summed E-state index contributed by atoms with van der Waals surface area (Å²) < 4.78 is 26.1. The van der Waals surface area contributed by atoms with Gasteiger partial charge in [0, 0.05) is 24.8 Å². The number of hydrogen-bond acceptors (Lipinski definition) is 4. The molecule has 0 aliphatic carbocycles. The smallest absolute Gasteiger partial charge is 0.253 e. The van der Waals surface area contributed by atoms with Crippen LogP contribution in [0, 0.1) is 5.41 Å². The standard InChI is InChI=1S/C16H27N3O3S/c1-5-9-23(21,22)18-14-8-6-7-13(10-14)15(20)19(4)12-16(2,3)11-17/h6-8,10,18H,5,9,11-12,17H2,1-4H3. The monoisotopic (exact) mass is 341 g/mol. The number of nitrogens with two attached hydrogens (primary N) is 1. The molecule has 6 nitrogen and oxygen atoms in total. The topological polar surface area (TPSA) is 92.5 Å². The number of nitrogens with one attached hydrogen (secondary N) is 1. The number of benzene rings is 1. The summed E-state index contributed by atoms with van der Waals surface area (Å²) in [4.78, 5) is 14.1. The van der Waals surface area contributed by atoms with Gasteiger partial charge in [-0.05, 0) is 36.6 Å². The number of carbonyl (C=O) groups is 1. The molecule has 0 atom stereocenters. The van der Waals surface area contributed by atoms with Crippen molar-refractivity contribution < 1.29 is 13.2 Å². The Morgan fingerprint density at radius 1 is 1.35 bits per heavy atom. The predicted molar refractivity (Wildman–Crippen MR) is 93.9 cm³/mol. The van der Waals surface area contributed by atoms with Gasteiger partial charge in [-0.3, -0.25) is 9.52 Å². The third-order valence-corrected chi connectivity index (χ3v) is 4.91. The number of sulfonamides is 1. The zero-order valence-corrected chi connectivity index (χ0v) is 15.1. The molecule has 1 aromatic rings. The molecule has 1 rings (SSSR count). The van der Waals surface area contributed by atoms with Crippen molar-refractivity contribution in [2.24, 2.45) is 11.1 Å². The van der Waals surface area contributed by atoms with Gasteiger partial charge in [0.1, 0.15) is 0 Å². The van der Waals surface area contributed by atoms with Crippen LogP contribution < -0.4 is 10.5 Å². The summed E-state index contributed by atoms with van der Waals surface area (Å²) in [5.74, 6) is -0.112. The van der Waals surface area contributed by atoms with Crippen molar-refractivity contribution in [2.75, 3.05) is 30.6 Å². The van der Waals surface area contributed by atoms with E-state index in [1.165, 1.54) is 0 Å². The van der Waals surface area contributed by atoms with Crippen LogP contribution in [0.5, 0.6) is 0 Å². The second kappa shape index (κ2) is 7.79. The quantitative estimate of drug-likeness (QED) is 0.755. The molecule has 1 amide bonds. The van der Waals surface area contributed by atoms with Gasteiger partial charge in [-0.2, -0.15) is 0 Å². The van der Waals surface area contributed by atoms with Crippen LogP contribution in [0.25, 0.3) is 0 Å². The molecule has 0 unspecified atom stereocenters. The summed E-state index contributed by atoms with van der Waals surface area (Å²) >= 11 is 0. The Labute approximate surface area is 139 Å². The maximum atomic E-state index is 12.5. The second-order valence-electron chi connectivity index (χ2n) is 6.53. The molecule has 0 saturated carbocycles. The average Bonchev–Trinajstić information content (AvgIpc) is 2.45. The first-order valence-corrected chi connectivity index (χ1v) is 9.31. The lowest BCUT2D eigenvalue weighted by atomic mass is 9.93. The summed E-state index contributed by atoms with van der Waals surface area (Å²) in [6.45, 7) is 6.78. The molecule has 0 heterocycles. The van der Waals surface area contributed by atoms with E-state index in [0.717, 1.165) is 0 Å². The van der Waals surface area contributed by atoms with Crippen molar-refractivity contribution in [3.8, 4) is 0 Å². The molecule has 0 fully saturated rings. The molecule has 0 bridgehead atoms. The van der Waals surface area contributed by atoms with Crippen molar-refractivity contribution in [1.82, 2.24) is 4.90 Å². The van der Waals surface area contributed by atoms with E-state index >= 15 is 0 Å². The van der Waals surface area contributed by atoms with Gasteiger partial charge in [-0.25, -0.2) is 8.42 Å². The highest BCUT2D eigenvalue weighted by atomic mass is 32.2. The van der Waals surface area contributed by atoms with Crippen LogP contribution in [-0.2, 0) is 10.0 Å². The van der Waals surface area contributed by atoms with Gasteiger partial charge >= 0.3 is 0 Å². The molecule has 0 aliphatic rings. The number of hydrogen-bond donors (Lipinski definition) is 2. The zero-order chi connectivity index (χ0) is 17.7. The molecule has 23 heavy (non-hydrogen) atoms. The Kier molecular flexibility index (Phi) is 6.58. The fourth-order valence-corrected chi connectivity index (χ4v) is 3.34. The van der Waals surface area contributed by atoms with E-state index in [9.17, 15) is 13.2 Å². The maximum Gasteiger partial charge on any atom is 0.253 e. The highest BCUT2D eigenvalue weighted by Gasteiger charge is 2.22. The van der Waals surface area contributed by atoms with Crippen LogP contribution >= 0.6 is 0 Å². The number of rotatable bonds is 8. The van der Waals surface area contributed by atoms with Crippen LogP contribution in [0.2, 0.25) is 0 Å². The van der Waals surface area contributed by atoms with E-state index in [0.29, 0.717) is 30.8 Å². The molecule has 0 saturated heterocycles.